The third-order valence-corrected chi connectivity index (χ3v) is 6.44. The van der Waals surface area contributed by atoms with Gasteiger partial charge in [0.05, 0.1) is 22.1 Å². The van der Waals surface area contributed by atoms with Crippen LogP contribution in [-0.4, -0.2) is 32.9 Å². The number of pyridine rings is 1. The Bertz CT molecular complexity index is 1770. The van der Waals surface area contributed by atoms with Gasteiger partial charge in [0.15, 0.2) is 0 Å². The molecule has 0 bridgehead atoms. The van der Waals surface area contributed by atoms with Crippen LogP contribution in [-0.2, 0) is 17.1 Å². The molecule has 3 N–H and O–H groups in total. The second kappa shape index (κ2) is 7.38. The first-order valence-electron chi connectivity index (χ1n) is 9.59. The van der Waals surface area contributed by atoms with Crippen molar-refractivity contribution in [3.8, 4) is 11.4 Å². The fourth-order valence-electron chi connectivity index (χ4n) is 3.40. The number of aryl methyl sites for hydroxylation is 1. The van der Waals surface area contributed by atoms with Gasteiger partial charge in [0.2, 0.25) is 0 Å². The van der Waals surface area contributed by atoms with Crippen molar-refractivity contribution in [2.75, 3.05) is 4.72 Å². The standard InChI is InChI=1S/C21H15FN6O4S/c1-28-19-15(20(29)26-21(28)30)9-14(10-23-19)33(31,32)27-13-6-7-16-17(8-13)25-18(24-16)11-2-4-12(22)5-3-11/h2-10,27H,1H3,(H,24,25)(H,26,29,30). The average molecular weight is 466 g/mol. The number of rotatable bonds is 4. The molecule has 0 saturated heterocycles. The molecule has 0 unspecified atom stereocenters. The summed E-state index contributed by atoms with van der Waals surface area (Å²) >= 11 is 0. The summed E-state index contributed by atoms with van der Waals surface area (Å²) in [5, 5.41) is -0.0343. The van der Waals surface area contributed by atoms with Gasteiger partial charge in [-0.2, -0.15) is 0 Å². The highest BCUT2D eigenvalue weighted by atomic mass is 32.2. The van der Waals surface area contributed by atoms with Crippen molar-refractivity contribution in [1.29, 1.82) is 0 Å². The average Bonchev–Trinajstić information content (AvgIpc) is 3.21. The lowest BCUT2D eigenvalue weighted by molar-refractivity contribution is 0.601. The summed E-state index contributed by atoms with van der Waals surface area (Å²) in [6.45, 7) is 0. The number of hydrogen-bond donors (Lipinski definition) is 3. The van der Waals surface area contributed by atoms with E-state index in [0.29, 0.717) is 22.4 Å². The number of imidazole rings is 1. The predicted molar refractivity (Wildman–Crippen MR) is 120 cm³/mol. The number of nitrogens with one attached hydrogen (secondary N) is 3. The smallest absolute Gasteiger partial charge is 0.329 e. The topological polar surface area (TPSA) is 143 Å². The van der Waals surface area contributed by atoms with Crippen molar-refractivity contribution >= 4 is 37.8 Å². The van der Waals surface area contributed by atoms with E-state index in [0.717, 1.165) is 16.8 Å². The van der Waals surface area contributed by atoms with Gasteiger partial charge in [-0.15, -0.1) is 0 Å². The number of fused-ring (bicyclic) bond motifs is 2. The van der Waals surface area contributed by atoms with Gasteiger partial charge >= 0.3 is 5.69 Å². The maximum atomic E-state index is 13.2. The van der Waals surface area contributed by atoms with Crippen LogP contribution in [0.5, 0.6) is 0 Å². The second-order valence-corrected chi connectivity index (χ2v) is 8.97. The summed E-state index contributed by atoms with van der Waals surface area (Å²) in [5.41, 5.74) is 0.777. The molecule has 2 aromatic carbocycles. The first-order valence-corrected chi connectivity index (χ1v) is 11.1. The minimum atomic E-state index is -4.09. The molecule has 0 fully saturated rings. The number of benzene rings is 2. The van der Waals surface area contributed by atoms with E-state index < -0.39 is 21.3 Å². The molecule has 0 aliphatic carbocycles. The quantitative estimate of drug-likeness (QED) is 0.370. The van der Waals surface area contributed by atoms with Gasteiger partial charge in [-0.1, -0.05) is 0 Å². The van der Waals surface area contributed by atoms with Gasteiger partial charge in [0, 0.05) is 18.8 Å². The number of hydrogen-bond acceptors (Lipinski definition) is 6. The lowest BCUT2D eigenvalue weighted by Gasteiger charge is -2.09. The van der Waals surface area contributed by atoms with E-state index in [4.69, 9.17) is 0 Å². The number of aromatic nitrogens is 5. The normalized spacial score (nSPS) is 11.8. The van der Waals surface area contributed by atoms with Crippen molar-refractivity contribution < 1.29 is 12.8 Å². The molecule has 3 heterocycles. The summed E-state index contributed by atoms with van der Waals surface area (Å²) in [6, 6.07) is 11.7. The van der Waals surface area contributed by atoms with E-state index in [9.17, 15) is 22.4 Å². The molecule has 0 saturated carbocycles. The number of halogens is 1. The number of anilines is 1. The van der Waals surface area contributed by atoms with Crippen LogP contribution >= 0.6 is 0 Å². The summed E-state index contributed by atoms with van der Waals surface area (Å²) in [6.07, 6.45) is 1.07. The molecule has 0 amide bonds. The molecule has 0 aliphatic rings. The number of H-pyrrole nitrogens is 2. The van der Waals surface area contributed by atoms with Crippen LogP contribution in [0.4, 0.5) is 10.1 Å². The Morgan fingerprint density at radius 3 is 2.55 bits per heavy atom. The summed E-state index contributed by atoms with van der Waals surface area (Å²) in [7, 11) is -2.68. The van der Waals surface area contributed by atoms with E-state index in [1.54, 1.807) is 30.3 Å². The van der Waals surface area contributed by atoms with Gasteiger partial charge in [-0.3, -0.25) is 19.1 Å². The summed E-state index contributed by atoms with van der Waals surface area (Å²) < 4.78 is 42.6. The van der Waals surface area contributed by atoms with Crippen LogP contribution in [0.2, 0.25) is 0 Å². The van der Waals surface area contributed by atoms with E-state index >= 15 is 0 Å². The summed E-state index contributed by atoms with van der Waals surface area (Å²) in [5.74, 6) is 0.146. The molecule has 0 atom stereocenters. The second-order valence-electron chi connectivity index (χ2n) is 7.29. The van der Waals surface area contributed by atoms with Gasteiger partial charge in [-0.25, -0.2) is 27.6 Å². The molecule has 5 rings (SSSR count). The minimum Gasteiger partial charge on any atom is -0.338 e. The minimum absolute atomic E-state index is 0.0343. The zero-order chi connectivity index (χ0) is 23.3. The molecular weight excluding hydrogens is 451 g/mol. The summed E-state index contributed by atoms with van der Waals surface area (Å²) in [4.78, 5) is 37.2. The van der Waals surface area contributed by atoms with Crippen LogP contribution in [0.15, 0.2) is 69.2 Å². The first-order chi connectivity index (χ1) is 15.7. The van der Waals surface area contributed by atoms with Crippen molar-refractivity contribution in [3.05, 3.63) is 81.4 Å². The third-order valence-electron chi connectivity index (χ3n) is 5.09. The number of aromatic amines is 2. The molecule has 12 heteroatoms. The predicted octanol–water partition coefficient (Wildman–Crippen LogP) is 2.10. The lowest BCUT2D eigenvalue weighted by atomic mass is 10.2. The number of nitrogens with zero attached hydrogens (tertiary/aromatic N) is 3. The number of sulfonamides is 1. The molecule has 33 heavy (non-hydrogen) atoms. The monoisotopic (exact) mass is 466 g/mol. The van der Waals surface area contributed by atoms with E-state index in [1.165, 1.54) is 19.2 Å². The highest BCUT2D eigenvalue weighted by molar-refractivity contribution is 7.92. The lowest BCUT2D eigenvalue weighted by Crippen LogP contribution is -2.29. The Morgan fingerprint density at radius 1 is 1.03 bits per heavy atom. The zero-order valence-corrected chi connectivity index (χ0v) is 17.8. The van der Waals surface area contributed by atoms with E-state index in [2.05, 4.69) is 24.7 Å². The Hall–Kier alpha value is -4.32. The Balaban J connectivity index is 1.50. The van der Waals surface area contributed by atoms with Gasteiger partial charge in [0.25, 0.3) is 15.6 Å². The van der Waals surface area contributed by atoms with Crippen LogP contribution in [0.3, 0.4) is 0 Å². The molecule has 5 aromatic rings. The molecule has 0 spiro atoms. The fourth-order valence-corrected chi connectivity index (χ4v) is 4.42. The highest BCUT2D eigenvalue weighted by Crippen LogP contribution is 2.25. The highest BCUT2D eigenvalue weighted by Gasteiger charge is 2.18. The maximum Gasteiger partial charge on any atom is 0.329 e. The van der Waals surface area contributed by atoms with Crippen LogP contribution in [0, 0.1) is 5.82 Å². The van der Waals surface area contributed by atoms with Crippen LogP contribution in [0.1, 0.15) is 0 Å². The maximum absolute atomic E-state index is 13.2. The molecule has 3 aromatic heterocycles. The molecule has 0 radical (unpaired) electrons. The fraction of sp³-hybridized carbons (Fsp3) is 0.0476. The Morgan fingerprint density at radius 2 is 1.79 bits per heavy atom. The SMILES string of the molecule is Cn1c(=O)[nH]c(=O)c2cc(S(=O)(=O)Nc3ccc4nc(-c5ccc(F)cc5)[nH]c4c3)cnc21. The van der Waals surface area contributed by atoms with Crippen molar-refractivity contribution in [2.24, 2.45) is 7.05 Å². The van der Waals surface area contributed by atoms with Gasteiger partial charge < -0.3 is 4.98 Å². The van der Waals surface area contributed by atoms with Crippen LogP contribution < -0.4 is 16.0 Å². The Labute approximate surface area is 184 Å². The van der Waals surface area contributed by atoms with E-state index in [1.807, 2.05) is 0 Å². The first kappa shape index (κ1) is 20.6. The molecule has 166 valence electrons. The largest absolute Gasteiger partial charge is 0.338 e. The molecule has 0 aliphatic heterocycles. The molecular formula is C21H15FN6O4S. The Kier molecular flexibility index (Phi) is 4.60. The van der Waals surface area contributed by atoms with Gasteiger partial charge in [0.1, 0.15) is 22.2 Å². The third kappa shape index (κ3) is 3.65. The van der Waals surface area contributed by atoms with E-state index in [-0.39, 0.29) is 27.4 Å². The zero-order valence-electron chi connectivity index (χ0n) is 17.0. The molecule has 10 nitrogen and oxygen atoms in total. The van der Waals surface area contributed by atoms with Crippen molar-refractivity contribution in [1.82, 2.24) is 24.5 Å². The van der Waals surface area contributed by atoms with Crippen molar-refractivity contribution in [3.63, 3.8) is 0 Å². The van der Waals surface area contributed by atoms with Gasteiger partial charge in [-0.05, 0) is 48.5 Å². The van der Waals surface area contributed by atoms with Crippen molar-refractivity contribution in [2.45, 2.75) is 4.90 Å². The van der Waals surface area contributed by atoms with Crippen LogP contribution in [0.25, 0.3) is 33.5 Å².